The van der Waals surface area contributed by atoms with Crippen LogP contribution in [0.3, 0.4) is 0 Å². The van der Waals surface area contributed by atoms with Crippen molar-refractivity contribution in [1.82, 2.24) is 0 Å². The van der Waals surface area contributed by atoms with E-state index < -0.39 is 11.5 Å². The second-order valence-electron chi connectivity index (χ2n) is 2.20. The van der Waals surface area contributed by atoms with Crippen LogP contribution < -0.4 is 5.73 Å². The fourth-order valence-electron chi connectivity index (χ4n) is 0.534. The van der Waals surface area contributed by atoms with Gasteiger partial charge in [-0.25, -0.2) is 0 Å². The van der Waals surface area contributed by atoms with Crippen molar-refractivity contribution < 1.29 is 9.90 Å². The van der Waals surface area contributed by atoms with E-state index in [1.165, 1.54) is 0 Å². The lowest BCUT2D eigenvalue weighted by molar-refractivity contribution is -0.143. The number of nitrogens with two attached hydrogens (primary N) is 1. The molecule has 56 valence electrons. The summed E-state index contributed by atoms with van der Waals surface area (Å²) in [7, 11) is 0. The van der Waals surface area contributed by atoms with Crippen LogP contribution in [0.2, 0.25) is 0 Å². The van der Waals surface area contributed by atoms with E-state index in [2.05, 4.69) is 5.92 Å². The smallest absolute Gasteiger partial charge is 0.324 e. The monoisotopic (exact) mass is 141 g/mol. The molecule has 3 nitrogen and oxygen atoms in total. The first-order valence-electron chi connectivity index (χ1n) is 3.02. The van der Waals surface area contributed by atoms with Crippen LogP contribution >= 0.6 is 0 Å². The van der Waals surface area contributed by atoms with Crippen molar-refractivity contribution in [2.75, 3.05) is 0 Å². The molecule has 0 radical (unpaired) electrons. The summed E-state index contributed by atoms with van der Waals surface area (Å²) in [5.41, 5.74) is 4.18. The Hall–Kier alpha value is -1.01. The van der Waals surface area contributed by atoms with Gasteiger partial charge in [0.05, 0.1) is 0 Å². The van der Waals surface area contributed by atoms with Crippen LogP contribution in [0.1, 0.15) is 19.8 Å². The van der Waals surface area contributed by atoms with E-state index >= 15 is 0 Å². The Morgan fingerprint density at radius 1 is 1.90 bits per heavy atom. The minimum Gasteiger partial charge on any atom is -0.480 e. The van der Waals surface area contributed by atoms with Crippen molar-refractivity contribution in [2.45, 2.75) is 25.3 Å². The molecule has 0 aromatic heterocycles. The quantitative estimate of drug-likeness (QED) is 0.552. The molecule has 0 aromatic rings. The molecular formula is C7H11NO2. The van der Waals surface area contributed by atoms with Crippen molar-refractivity contribution >= 4 is 5.97 Å². The molecule has 0 unspecified atom stereocenters. The third kappa shape index (κ3) is 1.74. The van der Waals surface area contributed by atoms with Crippen LogP contribution in [-0.2, 0) is 4.79 Å². The van der Waals surface area contributed by atoms with Crippen LogP contribution in [0.4, 0.5) is 0 Å². The van der Waals surface area contributed by atoms with E-state index in [-0.39, 0.29) is 6.42 Å². The van der Waals surface area contributed by atoms with Gasteiger partial charge in [0.15, 0.2) is 0 Å². The van der Waals surface area contributed by atoms with Gasteiger partial charge < -0.3 is 10.8 Å². The van der Waals surface area contributed by atoms with Crippen LogP contribution in [0.15, 0.2) is 0 Å². The Balaban J connectivity index is 4.26. The molecule has 0 rings (SSSR count). The highest BCUT2D eigenvalue weighted by atomic mass is 16.4. The summed E-state index contributed by atoms with van der Waals surface area (Å²) in [4.78, 5) is 10.4. The zero-order chi connectivity index (χ0) is 8.20. The Bertz CT molecular complexity index is 171. The zero-order valence-electron chi connectivity index (χ0n) is 5.92. The average molecular weight is 141 g/mol. The largest absolute Gasteiger partial charge is 0.480 e. The molecule has 0 bridgehead atoms. The number of carbonyl (C=O) groups is 1. The fraction of sp³-hybridized carbons (Fsp3) is 0.571. The number of carboxylic acids is 1. The Labute approximate surface area is 60.2 Å². The van der Waals surface area contributed by atoms with Gasteiger partial charge in [-0.2, -0.15) is 0 Å². The molecule has 0 amide bonds. The van der Waals surface area contributed by atoms with E-state index in [1.807, 2.05) is 0 Å². The van der Waals surface area contributed by atoms with Crippen molar-refractivity contribution in [2.24, 2.45) is 5.73 Å². The highest BCUT2D eigenvalue weighted by molar-refractivity contribution is 5.78. The zero-order valence-corrected chi connectivity index (χ0v) is 5.92. The third-order valence-corrected chi connectivity index (χ3v) is 1.47. The maximum Gasteiger partial charge on any atom is 0.324 e. The average Bonchev–Trinajstić information content (AvgIpc) is 1.88. The van der Waals surface area contributed by atoms with Crippen LogP contribution in [0, 0.1) is 12.3 Å². The first-order valence-corrected chi connectivity index (χ1v) is 3.02. The summed E-state index contributed by atoms with van der Waals surface area (Å²) in [5.74, 6) is 1.20. The Kier molecular flexibility index (Phi) is 2.91. The Morgan fingerprint density at radius 2 is 2.40 bits per heavy atom. The van der Waals surface area contributed by atoms with Gasteiger partial charge >= 0.3 is 5.97 Å². The SMILES string of the molecule is C#CC[C@](N)(CC)C(=O)O. The van der Waals surface area contributed by atoms with Gasteiger partial charge in [0.25, 0.3) is 0 Å². The van der Waals surface area contributed by atoms with Crippen LogP contribution in [-0.4, -0.2) is 16.6 Å². The molecule has 10 heavy (non-hydrogen) atoms. The maximum absolute atomic E-state index is 10.4. The topological polar surface area (TPSA) is 63.3 Å². The number of terminal acetylenes is 1. The molecule has 3 N–H and O–H groups in total. The van der Waals surface area contributed by atoms with E-state index in [1.54, 1.807) is 6.92 Å². The second-order valence-corrected chi connectivity index (χ2v) is 2.20. The molecule has 0 fully saturated rings. The molecule has 0 saturated heterocycles. The Morgan fingerprint density at radius 3 is 2.50 bits per heavy atom. The number of aliphatic carboxylic acids is 1. The summed E-state index contributed by atoms with van der Waals surface area (Å²) in [5, 5.41) is 8.54. The van der Waals surface area contributed by atoms with E-state index in [0.29, 0.717) is 6.42 Å². The number of hydrogen-bond acceptors (Lipinski definition) is 2. The van der Waals surface area contributed by atoms with Gasteiger partial charge in [-0.15, -0.1) is 12.3 Å². The normalized spacial score (nSPS) is 15.3. The number of hydrogen-bond donors (Lipinski definition) is 2. The molecule has 0 saturated carbocycles. The standard InChI is InChI=1S/C7H11NO2/c1-3-5-7(8,4-2)6(9)10/h1H,4-5,8H2,2H3,(H,9,10)/t7-/m1/s1. The summed E-state index contributed by atoms with van der Waals surface area (Å²) in [6, 6.07) is 0. The van der Waals surface area contributed by atoms with E-state index in [9.17, 15) is 4.79 Å². The molecule has 0 aromatic carbocycles. The molecular weight excluding hydrogens is 130 g/mol. The lowest BCUT2D eigenvalue weighted by Crippen LogP contribution is -2.46. The van der Waals surface area contributed by atoms with Gasteiger partial charge in [-0.1, -0.05) is 6.92 Å². The molecule has 0 aliphatic carbocycles. The van der Waals surface area contributed by atoms with Gasteiger partial charge in [-0.3, -0.25) is 4.79 Å². The summed E-state index contributed by atoms with van der Waals surface area (Å²) < 4.78 is 0. The van der Waals surface area contributed by atoms with Crippen LogP contribution in [0.5, 0.6) is 0 Å². The third-order valence-electron chi connectivity index (χ3n) is 1.47. The van der Waals surface area contributed by atoms with Crippen molar-refractivity contribution in [1.29, 1.82) is 0 Å². The van der Waals surface area contributed by atoms with Gasteiger partial charge in [0.2, 0.25) is 0 Å². The summed E-state index contributed by atoms with van der Waals surface area (Å²) >= 11 is 0. The summed E-state index contributed by atoms with van der Waals surface area (Å²) in [6.07, 6.45) is 5.37. The lowest BCUT2D eigenvalue weighted by atomic mass is 9.94. The van der Waals surface area contributed by atoms with Crippen LogP contribution in [0.25, 0.3) is 0 Å². The molecule has 0 aliphatic rings. The van der Waals surface area contributed by atoms with Crippen molar-refractivity contribution in [3.05, 3.63) is 0 Å². The van der Waals surface area contributed by atoms with E-state index in [4.69, 9.17) is 17.3 Å². The van der Waals surface area contributed by atoms with E-state index in [0.717, 1.165) is 0 Å². The summed E-state index contributed by atoms with van der Waals surface area (Å²) in [6.45, 7) is 1.70. The van der Waals surface area contributed by atoms with Gasteiger partial charge in [0.1, 0.15) is 5.54 Å². The minimum atomic E-state index is -1.23. The van der Waals surface area contributed by atoms with Gasteiger partial charge in [0, 0.05) is 6.42 Å². The molecule has 0 heterocycles. The first kappa shape index (κ1) is 8.99. The molecule has 3 heteroatoms. The van der Waals surface area contributed by atoms with Crippen molar-refractivity contribution in [3.8, 4) is 12.3 Å². The maximum atomic E-state index is 10.4. The highest BCUT2D eigenvalue weighted by Gasteiger charge is 2.30. The number of rotatable bonds is 3. The van der Waals surface area contributed by atoms with Crippen molar-refractivity contribution in [3.63, 3.8) is 0 Å². The molecule has 0 aliphatic heterocycles. The fourth-order valence-corrected chi connectivity index (χ4v) is 0.534. The minimum absolute atomic E-state index is 0.0822. The highest BCUT2D eigenvalue weighted by Crippen LogP contribution is 2.10. The predicted molar refractivity (Wildman–Crippen MR) is 38.3 cm³/mol. The molecule has 1 atom stereocenters. The number of carboxylic acid groups (broad SMARTS) is 1. The second kappa shape index (κ2) is 3.23. The first-order chi connectivity index (χ1) is 4.56. The van der Waals surface area contributed by atoms with Gasteiger partial charge in [-0.05, 0) is 6.42 Å². The lowest BCUT2D eigenvalue weighted by Gasteiger charge is -2.19. The predicted octanol–water partition coefficient (Wildman–Crippen LogP) is 0.202. The molecule has 0 spiro atoms.